The average molecular weight is 300 g/mol. The largest absolute Gasteiger partial charge is 0.481 e. The van der Waals surface area contributed by atoms with E-state index in [0.717, 1.165) is 24.9 Å². The molecule has 0 radical (unpaired) electrons. The fourth-order valence-corrected chi connectivity index (χ4v) is 3.12. The monoisotopic (exact) mass is 300 g/mol. The number of H-pyrrole nitrogens is 1. The summed E-state index contributed by atoms with van der Waals surface area (Å²) in [6.45, 7) is 4.75. The second kappa shape index (κ2) is 6.94. The molecule has 1 aliphatic heterocycles. The molecule has 1 unspecified atom stereocenters. The Bertz CT molecular complexity index is 507. The van der Waals surface area contributed by atoms with E-state index < -0.39 is 5.97 Å². The Labute approximate surface area is 121 Å². The van der Waals surface area contributed by atoms with Crippen LogP contribution in [0.15, 0.2) is 9.95 Å². The van der Waals surface area contributed by atoms with E-state index in [-0.39, 0.29) is 17.5 Å². The van der Waals surface area contributed by atoms with E-state index in [1.54, 1.807) is 0 Å². The highest BCUT2D eigenvalue weighted by atomic mass is 32.2. The van der Waals surface area contributed by atoms with Crippen LogP contribution in [0.25, 0.3) is 0 Å². The summed E-state index contributed by atoms with van der Waals surface area (Å²) in [7, 11) is 0. The fraction of sp³-hybridized carbons (Fsp3) is 0.750. The van der Waals surface area contributed by atoms with Crippen molar-refractivity contribution >= 4 is 17.7 Å². The van der Waals surface area contributed by atoms with Gasteiger partial charge in [0, 0.05) is 12.6 Å². The van der Waals surface area contributed by atoms with Crippen molar-refractivity contribution in [3.63, 3.8) is 0 Å². The maximum absolute atomic E-state index is 11.8. The zero-order chi connectivity index (χ0) is 14.5. The number of aliphatic carboxylic acids is 1. The van der Waals surface area contributed by atoms with E-state index in [9.17, 15) is 9.59 Å². The van der Waals surface area contributed by atoms with Gasteiger partial charge in [-0.05, 0) is 32.9 Å². The minimum absolute atomic E-state index is 0.0949. The topological polar surface area (TPSA) is 91.2 Å². The lowest BCUT2D eigenvalue weighted by molar-refractivity contribution is -0.133. The predicted molar refractivity (Wildman–Crippen MR) is 76.1 cm³/mol. The van der Waals surface area contributed by atoms with Crippen molar-refractivity contribution < 1.29 is 9.90 Å². The predicted octanol–water partition coefficient (Wildman–Crippen LogP) is 0.622. The summed E-state index contributed by atoms with van der Waals surface area (Å²) < 4.78 is 1.53. The van der Waals surface area contributed by atoms with Gasteiger partial charge in [-0.25, -0.2) is 9.89 Å². The van der Waals surface area contributed by atoms with Crippen molar-refractivity contribution in [2.45, 2.75) is 43.9 Å². The standard InChI is InChI=1S/C12H20N4O3S/c1-9(15-5-3-2-4-6-15)7-16-11(19)13-14-12(16)20-8-10(17)18/h9H,2-8H2,1H3,(H,13,19)(H,17,18). The lowest BCUT2D eigenvalue weighted by atomic mass is 10.1. The first-order valence-electron chi connectivity index (χ1n) is 6.82. The van der Waals surface area contributed by atoms with Gasteiger partial charge in [0.15, 0.2) is 5.16 Å². The number of piperidine rings is 1. The molecule has 1 aromatic heterocycles. The summed E-state index contributed by atoms with van der Waals surface area (Å²) in [5.41, 5.74) is -0.276. The van der Waals surface area contributed by atoms with Gasteiger partial charge in [-0.1, -0.05) is 18.2 Å². The second-order valence-corrected chi connectivity index (χ2v) is 5.99. The van der Waals surface area contributed by atoms with Crippen LogP contribution in [0, 0.1) is 0 Å². The minimum Gasteiger partial charge on any atom is -0.481 e. The molecular weight excluding hydrogens is 280 g/mol. The summed E-state index contributed by atoms with van der Waals surface area (Å²) >= 11 is 1.07. The van der Waals surface area contributed by atoms with Crippen molar-refractivity contribution in [1.29, 1.82) is 0 Å². The Balaban J connectivity index is 2.02. The molecule has 20 heavy (non-hydrogen) atoms. The maximum atomic E-state index is 11.8. The minimum atomic E-state index is -0.916. The van der Waals surface area contributed by atoms with Crippen molar-refractivity contribution in [2.24, 2.45) is 0 Å². The van der Waals surface area contributed by atoms with E-state index in [1.165, 1.54) is 23.8 Å². The normalized spacial score (nSPS) is 18.1. The number of rotatable bonds is 6. The van der Waals surface area contributed by atoms with Gasteiger partial charge < -0.3 is 5.11 Å². The Morgan fingerprint density at radius 1 is 1.45 bits per heavy atom. The third-order valence-corrected chi connectivity index (χ3v) is 4.47. The Morgan fingerprint density at radius 2 is 2.15 bits per heavy atom. The number of aromatic amines is 1. The smallest absolute Gasteiger partial charge is 0.344 e. The number of carbonyl (C=O) groups is 1. The van der Waals surface area contributed by atoms with Gasteiger partial charge >= 0.3 is 11.7 Å². The van der Waals surface area contributed by atoms with Crippen LogP contribution in [0.2, 0.25) is 0 Å². The highest BCUT2D eigenvalue weighted by Crippen LogP contribution is 2.16. The van der Waals surface area contributed by atoms with E-state index in [2.05, 4.69) is 22.0 Å². The van der Waals surface area contributed by atoms with Crippen molar-refractivity contribution in [3.8, 4) is 0 Å². The highest BCUT2D eigenvalue weighted by molar-refractivity contribution is 7.99. The molecule has 0 spiro atoms. The number of hydrogen-bond acceptors (Lipinski definition) is 5. The first kappa shape index (κ1) is 15.1. The highest BCUT2D eigenvalue weighted by Gasteiger charge is 2.20. The van der Waals surface area contributed by atoms with Gasteiger partial charge in [-0.15, -0.1) is 5.10 Å². The number of hydrogen-bond donors (Lipinski definition) is 2. The molecule has 0 saturated carbocycles. The van der Waals surface area contributed by atoms with Gasteiger partial charge in [0.2, 0.25) is 0 Å². The lowest BCUT2D eigenvalue weighted by Crippen LogP contribution is -2.41. The van der Waals surface area contributed by atoms with Crippen LogP contribution >= 0.6 is 11.8 Å². The molecule has 8 heteroatoms. The molecule has 1 fully saturated rings. The van der Waals surface area contributed by atoms with E-state index >= 15 is 0 Å². The molecule has 1 aliphatic rings. The van der Waals surface area contributed by atoms with Crippen LogP contribution in [-0.2, 0) is 11.3 Å². The molecule has 1 saturated heterocycles. The number of nitrogens with one attached hydrogen (secondary N) is 1. The summed E-state index contributed by atoms with van der Waals surface area (Å²) in [4.78, 5) is 24.7. The average Bonchev–Trinajstić information content (AvgIpc) is 2.78. The van der Waals surface area contributed by atoms with E-state index in [0.29, 0.717) is 11.7 Å². The molecule has 2 rings (SSSR count). The van der Waals surface area contributed by atoms with Crippen LogP contribution in [0.3, 0.4) is 0 Å². The van der Waals surface area contributed by atoms with Gasteiger partial charge in [-0.3, -0.25) is 14.3 Å². The van der Waals surface area contributed by atoms with Gasteiger partial charge in [0.1, 0.15) is 0 Å². The zero-order valence-electron chi connectivity index (χ0n) is 11.5. The van der Waals surface area contributed by atoms with Crippen LogP contribution < -0.4 is 5.69 Å². The Kier molecular flexibility index (Phi) is 5.24. The molecular formula is C12H20N4O3S. The number of nitrogens with zero attached hydrogens (tertiary/aromatic N) is 3. The Hall–Kier alpha value is -1.28. The van der Waals surface area contributed by atoms with Crippen LogP contribution in [-0.4, -0.2) is 55.6 Å². The first-order chi connectivity index (χ1) is 9.58. The third-order valence-electron chi connectivity index (χ3n) is 3.51. The molecule has 112 valence electrons. The number of carboxylic acid groups (broad SMARTS) is 1. The molecule has 0 bridgehead atoms. The quantitative estimate of drug-likeness (QED) is 0.749. The molecule has 0 aliphatic carbocycles. The summed E-state index contributed by atoms with van der Waals surface area (Å²) in [6.07, 6.45) is 3.67. The van der Waals surface area contributed by atoms with Crippen LogP contribution in [0.5, 0.6) is 0 Å². The number of aromatic nitrogens is 3. The van der Waals surface area contributed by atoms with Crippen molar-refractivity contribution in [3.05, 3.63) is 10.5 Å². The van der Waals surface area contributed by atoms with Gasteiger partial charge in [0.25, 0.3) is 0 Å². The molecule has 7 nitrogen and oxygen atoms in total. The second-order valence-electron chi connectivity index (χ2n) is 5.05. The first-order valence-corrected chi connectivity index (χ1v) is 7.80. The Morgan fingerprint density at radius 3 is 2.80 bits per heavy atom. The zero-order valence-corrected chi connectivity index (χ0v) is 12.4. The lowest BCUT2D eigenvalue weighted by Gasteiger charge is -2.32. The third kappa shape index (κ3) is 3.86. The molecule has 0 aromatic carbocycles. The SMILES string of the molecule is CC(Cn1c(SCC(=O)O)n[nH]c1=O)N1CCCCC1. The van der Waals surface area contributed by atoms with E-state index in [1.807, 2.05) is 0 Å². The molecule has 1 aromatic rings. The molecule has 2 heterocycles. The summed E-state index contributed by atoms with van der Waals surface area (Å²) in [5, 5.41) is 15.4. The van der Waals surface area contributed by atoms with Crippen LogP contribution in [0.4, 0.5) is 0 Å². The van der Waals surface area contributed by atoms with Crippen molar-refractivity contribution in [1.82, 2.24) is 19.7 Å². The number of carboxylic acids is 1. The summed E-state index contributed by atoms with van der Waals surface area (Å²) in [5.74, 6) is -1.01. The summed E-state index contributed by atoms with van der Waals surface area (Å²) in [6, 6.07) is 0.245. The van der Waals surface area contributed by atoms with E-state index in [4.69, 9.17) is 5.11 Å². The fourth-order valence-electron chi connectivity index (χ4n) is 2.44. The van der Waals surface area contributed by atoms with Crippen molar-refractivity contribution in [2.75, 3.05) is 18.8 Å². The molecule has 0 amide bonds. The molecule has 2 N–H and O–H groups in total. The van der Waals surface area contributed by atoms with Gasteiger partial charge in [0.05, 0.1) is 5.75 Å². The number of thioether (sulfide) groups is 1. The number of likely N-dealkylation sites (tertiary alicyclic amines) is 1. The van der Waals surface area contributed by atoms with Crippen LogP contribution in [0.1, 0.15) is 26.2 Å². The van der Waals surface area contributed by atoms with Gasteiger partial charge in [-0.2, -0.15) is 0 Å². The molecule has 1 atom stereocenters. The maximum Gasteiger partial charge on any atom is 0.344 e.